The Morgan fingerprint density at radius 2 is 1.96 bits per heavy atom. The Kier molecular flexibility index (Phi) is 6.23. The molecule has 2 aromatic rings. The second-order valence-corrected chi connectivity index (χ2v) is 9.83. The number of ether oxygens (including phenoxy) is 1. The summed E-state index contributed by atoms with van der Waals surface area (Å²) in [5.74, 6) is -0.0478. The first-order chi connectivity index (χ1) is 13.1. The molecule has 1 aliphatic rings. The van der Waals surface area contributed by atoms with Crippen molar-refractivity contribution in [2.45, 2.75) is 77.0 Å². The Balaban J connectivity index is 1.90. The smallest absolute Gasteiger partial charge is 0.250 e. The number of nitrogens with two attached hydrogens (primary N) is 1. The first-order valence-corrected chi connectivity index (χ1v) is 10.8. The molecule has 1 heterocycles. The number of nitrogens with zero attached hydrogens (tertiary/aromatic N) is 1. The first kappa shape index (κ1) is 21.3. The van der Waals surface area contributed by atoms with Crippen molar-refractivity contribution >= 4 is 32.7 Å². The molecule has 3 rings (SSSR count). The van der Waals surface area contributed by atoms with Crippen LogP contribution in [-0.2, 0) is 4.74 Å². The summed E-state index contributed by atoms with van der Waals surface area (Å²) in [6.45, 7) is 8.23. The fraction of sp³-hybridized carbons (Fsp3) is 0.591. The molecule has 1 fully saturated rings. The lowest BCUT2D eigenvalue weighted by molar-refractivity contribution is -0.0653. The molecule has 0 aliphatic heterocycles. The SMILES string of the molecule is CC(C)c1cn(C2CCC(OCC(C)(C)O)CC2)c2c(C(N)=O)cc(Br)cc12. The van der Waals surface area contributed by atoms with Crippen molar-refractivity contribution in [3.05, 3.63) is 33.9 Å². The van der Waals surface area contributed by atoms with Gasteiger partial charge in [-0.15, -0.1) is 0 Å². The van der Waals surface area contributed by atoms with Crippen molar-refractivity contribution in [3.8, 4) is 0 Å². The summed E-state index contributed by atoms with van der Waals surface area (Å²) in [4.78, 5) is 12.2. The fourth-order valence-corrected chi connectivity index (χ4v) is 4.59. The van der Waals surface area contributed by atoms with Crippen molar-refractivity contribution < 1.29 is 14.6 Å². The van der Waals surface area contributed by atoms with E-state index in [1.165, 1.54) is 5.56 Å². The highest BCUT2D eigenvalue weighted by Gasteiger charge is 2.28. The number of amides is 1. The molecule has 0 radical (unpaired) electrons. The molecule has 1 saturated carbocycles. The van der Waals surface area contributed by atoms with Gasteiger partial charge in [0, 0.05) is 22.1 Å². The minimum Gasteiger partial charge on any atom is -0.388 e. The minimum absolute atomic E-state index is 0.179. The Morgan fingerprint density at radius 1 is 1.32 bits per heavy atom. The van der Waals surface area contributed by atoms with Crippen molar-refractivity contribution in [3.63, 3.8) is 0 Å². The number of aromatic nitrogens is 1. The first-order valence-electron chi connectivity index (χ1n) is 10.0. The van der Waals surface area contributed by atoms with Gasteiger partial charge in [-0.2, -0.15) is 0 Å². The Hall–Kier alpha value is -1.37. The summed E-state index contributed by atoms with van der Waals surface area (Å²) in [6.07, 6.45) is 6.23. The van der Waals surface area contributed by atoms with Crippen LogP contribution in [0.25, 0.3) is 10.9 Å². The standard InChI is InChI=1S/C22H31BrN2O3/c1-13(2)19-11-25(20-17(19)9-14(23)10-18(20)21(24)26)15-5-7-16(8-6-15)28-12-22(3,4)27/h9-11,13,15-16,27H,5-8,12H2,1-4H3,(H2,24,26). The number of carbonyl (C=O) groups is 1. The van der Waals surface area contributed by atoms with Gasteiger partial charge in [-0.3, -0.25) is 4.79 Å². The van der Waals surface area contributed by atoms with Crippen LogP contribution >= 0.6 is 15.9 Å². The second kappa shape index (κ2) is 8.17. The van der Waals surface area contributed by atoms with Gasteiger partial charge in [0.15, 0.2) is 0 Å². The van der Waals surface area contributed by atoms with Crippen LogP contribution in [0.3, 0.4) is 0 Å². The molecule has 0 spiro atoms. The quantitative estimate of drug-likeness (QED) is 0.656. The zero-order valence-electron chi connectivity index (χ0n) is 17.2. The second-order valence-electron chi connectivity index (χ2n) is 8.91. The van der Waals surface area contributed by atoms with Crippen LogP contribution in [0.2, 0.25) is 0 Å². The molecule has 6 heteroatoms. The predicted molar refractivity (Wildman–Crippen MR) is 116 cm³/mol. The van der Waals surface area contributed by atoms with Gasteiger partial charge in [0.25, 0.3) is 5.91 Å². The van der Waals surface area contributed by atoms with E-state index in [1.54, 1.807) is 13.8 Å². The van der Waals surface area contributed by atoms with Crippen LogP contribution in [-0.4, -0.2) is 33.9 Å². The van der Waals surface area contributed by atoms with Gasteiger partial charge in [-0.1, -0.05) is 29.8 Å². The van der Waals surface area contributed by atoms with E-state index in [4.69, 9.17) is 10.5 Å². The molecule has 0 bridgehead atoms. The van der Waals surface area contributed by atoms with E-state index in [0.717, 1.165) is 41.1 Å². The average molecular weight is 451 g/mol. The molecule has 5 nitrogen and oxygen atoms in total. The largest absolute Gasteiger partial charge is 0.388 e. The topological polar surface area (TPSA) is 77.5 Å². The average Bonchev–Trinajstić information content (AvgIpc) is 2.98. The van der Waals surface area contributed by atoms with Gasteiger partial charge in [0.1, 0.15) is 0 Å². The van der Waals surface area contributed by atoms with Gasteiger partial charge in [-0.25, -0.2) is 0 Å². The van der Waals surface area contributed by atoms with Crippen molar-refractivity contribution in [1.29, 1.82) is 0 Å². The van der Waals surface area contributed by atoms with Crippen LogP contribution in [0.15, 0.2) is 22.8 Å². The van der Waals surface area contributed by atoms with E-state index in [2.05, 4.69) is 46.6 Å². The van der Waals surface area contributed by atoms with Crippen LogP contribution < -0.4 is 5.73 Å². The molecular formula is C22H31BrN2O3. The molecule has 3 N–H and O–H groups in total. The molecule has 1 aromatic carbocycles. The van der Waals surface area contributed by atoms with Gasteiger partial charge in [0.05, 0.1) is 29.4 Å². The lowest BCUT2D eigenvalue weighted by Gasteiger charge is -2.31. The highest BCUT2D eigenvalue weighted by Crippen LogP contribution is 2.39. The molecule has 1 amide bonds. The highest BCUT2D eigenvalue weighted by molar-refractivity contribution is 9.10. The number of primary amides is 1. The van der Waals surface area contributed by atoms with Crippen LogP contribution in [0.1, 0.15) is 81.3 Å². The van der Waals surface area contributed by atoms with Gasteiger partial charge in [0.2, 0.25) is 0 Å². The van der Waals surface area contributed by atoms with E-state index in [9.17, 15) is 9.90 Å². The zero-order chi connectivity index (χ0) is 20.6. The lowest BCUT2D eigenvalue weighted by Crippen LogP contribution is -2.31. The van der Waals surface area contributed by atoms with E-state index >= 15 is 0 Å². The molecule has 1 aromatic heterocycles. The van der Waals surface area contributed by atoms with Gasteiger partial charge >= 0.3 is 0 Å². The fourth-order valence-electron chi connectivity index (χ4n) is 4.13. The minimum atomic E-state index is -0.802. The normalized spacial score (nSPS) is 20.8. The highest BCUT2D eigenvalue weighted by atomic mass is 79.9. The summed E-state index contributed by atoms with van der Waals surface area (Å²) < 4.78 is 9.04. The summed E-state index contributed by atoms with van der Waals surface area (Å²) in [6, 6.07) is 4.23. The summed E-state index contributed by atoms with van der Waals surface area (Å²) in [5.41, 5.74) is 7.66. The van der Waals surface area contributed by atoms with Gasteiger partial charge < -0.3 is 20.1 Å². The third-order valence-corrected chi connectivity index (χ3v) is 5.98. The predicted octanol–water partition coefficient (Wildman–Crippen LogP) is 4.90. The molecule has 154 valence electrons. The van der Waals surface area contributed by atoms with Crippen molar-refractivity contribution in [2.75, 3.05) is 6.61 Å². The summed E-state index contributed by atoms with van der Waals surface area (Å²) in [7, 11) is 0. The van der Waals surface area contributed by atoms with Crippen LogP contribution in [0.4, 0.5) is 0 Å². The number of benzene rings is 1. The molecule has 1 aliphatic carbocycles. The summed E-state index contributed by atoms with van der Waals surface area (Å²) >= 11 is 3.53. The number of aliphatic hydroxyl groups is 1. The maximum Gasteiger partial charge on any atom is 0.250 e. The van der Waals surface area contributed by atoms with Crippen LogP contribution in [0, 0.1) is 0 Å². The van der Waals surface area contributed by atoms with Gasteiger partial charge in [-0.05, 0) is 63.1 Å². The third kappa shape index (κ3) is 4.61. The number of fused-ring (bicyclic) bond motifs is 1. The monoisotopic (exact) mass is 450 g/mol. The number of hydrogen-bond donors (Lipinski definition) is 2. The van der Waals surface area contributed by atoms with Crippen molar-refractivity contribution in [2.24, 2.45) is 5.73 Å². The van der Waals surface area contributed by atoms with E-state index in [1.807, 2.05) is 6.07 Å². The number of hydrogen-bond acceptors (Lipinski definition) is 3. The molecule has 0 saturated heterocycles. The van der Waals surface area contributed by atoms with E-state index in [-0.39, 0.29) is 6.10 Å². The molecule has 0 atom stereocenters. The number of carbonyl (C=O) groups excluding carboxylic acids is 1. The number of halogens is 1. The number of rotatable bonds is 6. The van der Waals surface area contributed by atoms with Crippen molar-refractivity contribution in [1.82, 2.24) is 4.57 Å². The third-order valence-electron chi connectivity index (χ3n) is 5.52. The lowest BCUT2D eigenvalue weighted by atomic mass is 9.92. The molecular weight excluding hydrogens is 420 g/mol. The van der Waals surface area contributed by atoms with E-state index < -0.39 is 11.5 Å². The molecule has 0 unspecified atom stereocenters. The Bertz CT molecular complexity index is 859. The zero-order valence-corrected chi connectivity index (χ0v) is 18.8. The summed E-state index contributed by atoms with van der Waals surface area (Å²) in [5, 5.41) is 11.0. The molecule has 28 heavy (non-hydrogen) atoms. The Labute approximate surface area is 175 Å². The van der Waals surface area contributed by atoms with Crippen LogP contribution in [0.5, 0.6) is 0 Å². The Morgan fingerprint density at radius 3 is 2.50 bits per heavy atom. The van der Waals surface area contributed by atoms with E-state index in [0.29, 0.717) is 24.1 Å². The maximum absolute atomic E-state index is 12.2. The maximum atomic E-state index is 12.2.